The Morgan fingerprint density at radius 2 is 1.97 bits per heavy atom. The molecule has 0 aliphatic heterocycles. The number of hydrogen-bond acceptors (Lipinski definition) is 5. The maximum Gasteiger partial charge on any atom is 0.294 e. The van der Waals surface area contributed by atoms with Crippen molar-refractivity contribution in [3.05, 3.63) is 51.8 Å². The van der Waals surface area contributed by atoms with Crippen LogP contribution in [0.5, 0.6) is 0 Å². The number of hydrogen-bond donors (Lipinski definition) is 1. The molecular formula is C22H24N4O2S. The molecule has 1 aliphatic rings. The molecule has 150 valence electrons. The first kappa shape index (κ1) is 18.5. The van der Waals surface area contributed by atoms with Crippen molar-refractivity contribution in [2.45, 2.75) is 62.9 Å². The van der Waals surface area contributed by atoms with Gasteiger partial charge in [-0.3, -0.25) is 4.79 Å². The van der Waals surface area contributed by atoms with E-state index >= 15 is 0 Å². The Morgan fingerprint density at radius 1 is 1.17 bits per heavy atom. The van der Waals surface area contributed by atoms with Crippen molar-refractivity contribution in [3.63, 3.8) is 0 Å². The standard InChI is InChI=1S/C22H24N4O2S/c1-13-14(2)26(15-8-4-3-5-9-15)22(23-13)29-12-18-24-19-16-10-6-7-11-17(16)28-20(19)21(27)25-18/h6-7,10-11,15H,3-5,8-9,12H2,1-2H3,(H,24,25,27). The van der Waals surface area contributed by atoms with Crippen LogP contribution in [0.15, 0.2) is 38.6 Å². The van der Waals surface area contributed by atoms with Gasteiger partial charge in [0.15, 0.2) is 5.16 Å². The van der Waals surface area contributed by atoms with Crippen LogP contribution in [-0.4, -0.2) is 19.5 Å². The number of thioether (sulfide) groups is 1. The molecule has 5 rings (SSSR count). The Labute approximate surface area is 172 Å². The maximum absolute atomic E-state index is 12.5. The van der Waals surface area contributed by atoms with Crippen LogP contribution < -0.4 is 5.56 Å². The van der Waals surface area contributed by atoms with Crippen molar-refractivity contribution in [2.24, 2.45) is 0 Å². The Morgan fingerprint density at radius 3 is 2.79 bits per heavy atom. The van der Waals surface area contributed by atoms with E-state index in [9.17, 15) is 4.79 Å². The van der Waals surface area contributed by atoms with Crippen molar-refractivity contribution in [3.8, 4) is 0 Å². The summed E-state index contributed by atoms with van der Waals surface area (Å²) in [6, 6.07) is 8.15. The summed E-state index contributed by atoms with van der Waals surface area (Å²) in [5, 5.41) is 1.89. The predicted octanol–water partition coefficient (Wildman–Crippen LogP) is 5.28. The van der Waals surface area contributed by atoms with Crippen molar-refractivity contribution in [2.75, 3.05) is 0 Å². The van der Waals surface area contributed by atoms with Crippen molar-refractivity contribution in [1.29, 1.82) is 0 Å². The molecule has 1 N–H and O–H groups in total. The van der Waals surface area contributed by atoms with Crippen LogP contribution in [0, 0.1) is 13.8 Å². The number of aromatic nitrogens is 4. The van der Waals surface area contributed by atoms with Gasteiger partial charge in [0.2, 0.25) is 5.58 Å². The van der Waals surface area contributed by atoms with Crippen LogP contribution in [0.25, 0.3) is 22.1 Å². The SMILES string of the molecule is Cc1nc(SCc2nc3c(oc4ccccc43)c(=O)[nH]2)n(C2CCCCC2)c1C. The minimum Gasteiger partial charge on any atom is -0.449 e. The van der Waals surface area contributed by atoms with Crippen LogP contribution in [-0.2, 0) is 5.75 Å². The number of furan rings is 1. The average molecular weight is 409 g/mol. The van der Waals surface area contributed by atoms with Gasteiger partial charge in [-0.2, -0.15) is 0 Å². The molecule has 1 aliphatic carbocycles. The average Bonchev–Trinajstić information content (AvgIpc) is 3.25. The molecule has 29 heavy (non-hydrogen) atoms. The van der Waals surface area contributed by atoms with Gasteiger partial charge in [-0.1, -0.05) is 43.2 Å². The molecule has 1 saturated carbocycles. The topological polar surface area (TPSA) is 76.7 Å². The summed E-state index contributed by atoms with van der Waals surface area (Å²) >= 11 is 1.64. The fourth-order valence-electron chi connectivity index (χ4n) is 4.32. The second-order valence-electron chi connectivity index (χ2n) is 7.80. The number of rotatable bonds is 4. The smallest absolute Gasteiger partial charge is 0.294 e. The van der Waals surface area contributed by atoms with Crippen LogP contribution in [0.4, 0.5) is 0 Å². The van der Waals surface area contributed by atoms with E-state index in [2.05, 4.69) is 23.4 Å². The second-order valence-corrected chi connectivity index (χ2v) is 8.75. The highest BCUT2D eigenvalue weighted by Crippen LogP contribution is 2.35. The molecule has 3 heterocycles. The molecule has 6 nitrogen and oxygen atoms in total. The molecule has 7 heteroatoms. The summed E-state index contributed by atoms with van der Waals surface area (Å²) in [6.45, 7) is 4.23. The van der Waals surface area contributed by atoms with E-state index in [1.165, 1.54) is 37.8 Å². The number of para-hydroxylation sites is 1. The highest BCUT2D eigenvalue weighted by atomic mass is 32.2. The van der Waals surface area contributed by atoms with Crippen molar-refractivity contribution in [1.82, 2.24) is 19.5 Å². The number of aryl methyl sites for hydroxylation is 1. The first-order chi connectivity index (χ1) is 14.1. The van der Waals surface area contributed by atoms with Crippen LogP contribution >= 0.6 is 11.8 Å². The van der Waals surface area contributed by atoms with Gasteiger partial charge in [0, 0.05) is 17.1 Å². The third-order valence-electron chi connectivity index (χ3n) is 5.91. The minimum atomic E-state index is -0.232. The van der Waals surface area contributed by atoms with Gasteiger partial charge < -0.3 is 14.0 Å². The molecule has 1 aromatic carbocycles. The molecule has 0 unspecified atom stereocenters. The zero-order valence-corrected chi connectivity index (χ0v) is 17.5. The number of H-pyrrole nitrogens is 1. The molecule has 0 amide bonds. The summed E-state index contributed by atoms with van der Waals surface area (Å²) in [6.07, 6.45) is 6.32. The maximum atomic E-state index is 12.5. The molecule has 0 spiro atoms. The number of benzene rings is 1. The molecule has 4 aromatic rings. The van der Waals surface area contributed by atoms with Crippen LogP contribution in [0.2, 0.25) is 0 Å². The van der Waals surface area contributed by atoms with Gasteiger partial charge in [0.1, 0.15) is 16.9 Å². The molecule has 0 bridgehead atoms. The normalized spacial score (nSPS) is 15.5. The van der Waals surface area contributed by atoms with Gasteiger partial charge in [0.25, 0.3) is 5.56 Å². The zero-order valence-electron chi connectivity index (χ0n) is 16.7. The Hall–Kier alpha value is -2.54. The quantitative estimate of drug-likeness (QED) is 0.465. The number of aromatic amines is 1. The van der Waals surface area contributed by atoms with Gasteiger partial charge >= 0.3 is 0 Å². The summed E-state index contributed by atoms with van der Waals surface area (Å²) in [7, 11) is 0. The van der Waals surface area contributed by atoms with Gasteiger partial charge in [0.05, 0.1) is 11.4 Å². The zero-order chi connectivity index (χ0) is 20.0. The first-order valence-electron chi connectivity index (χ1n) is 10.2. The summed E-state index contributed by atoms with van der Waals surface area (Å²) < 4.78 is 8.09. The Balaban J connectivity index is 1.47. The first-order valence-corrected chi connectivity index (χ1v) is 11.2. The van der Waals surface area contributed by atoms with E-state index in [-0.39, 0.29) is 11.1 Å². The highest BCUT2D eigenvalue weighted by molar-refractivity contribution is 7.98. The van der Waals surface area contributed by atoms with Gasteiger partial charge in [-0.05, 0) is 38.8 Å². The van der Waals surface area contributed by atoms with E-state index in [1.807, 2.05) is 24.3 Å². The van der Waals surface area contributed by atoms with Crippen molar-refractivity contribution < 1.29 is 4.42 Å². The molecule has 0 atom stereocenters. The summed E-state index contributed by atoms with van der Waals surface area (Å²) in [4.78, 5) is 24.9. The third kappa shape index (κ3) is 3.27. The molecule has 3 aromatic heterocycles. The lowest BCUT2D eigenvalue weighted by molar-refractivity contribution is 0.332. The fraction of sp³-hybridized carbons (Fsp3) is 0.409. The number of nitrogens with one attached hydrogen (secondary N) is 1. The second kappa shape index (κ2) is 7.37. The van der Waals surface area contributed by atoms with E-state index in [0.717, 1.165) is 16.2 Å². The predicted molar refractivity (Wildman–Crippen MR) is 116 cm³/mol. The number of imidazole rings is 1. The monoisotopic (exact) mass is 408 g/mol. The number of nitrogens with zero attached hydrogens (tertiary/aromatic N) is 3. The van der Waals surface area contributed by atoms with Gasteiger partial charge in [-0.25, -0.2) is 9.97 Å². The van der Waals surface area contributed by atoms with Gasteiger partial charge in [-0.15, -0.1) is 0 Å². The van der Waals surface area contributed by atoms with Crippen molar-refractivity contribution >= 4 is 33.8 Å². The molecule has 1 fully saturated rings. The lowest BCUT2D eigenvalue weighted by Crippen LogP contribution is -2.15. The minimum absolute atomic E-state index is 0.232. The largest absolute Gasteiger partial charge is 0.449 e. The fourth-order valence-corrected chi connectivity index (χ4v) is 5.34. The number of fused-ring (bicyclic) bond motifs is 3. The molecule has 0 saturated heterocycles. The summed E-state index contributed by atoms with van der Waals surface area (Å²) in [5.41, 5.74) is 3.69. The Bertz CT molecular complexity index is 1250. The summed E-state index contributed by atoms with van der Waals surface area (Å²) in [5.74, 6) is 1.21. The van der Waals surface area contributed by atoms with E-state index in [1.54, 1.807) is 11.8 Å². The lowest BCUT2D eigenvalue weighted by Gasteiger charge is -2.26. The van der Waals surface area contributed by atoms with E-state index in [4.69, 9.17) is 14.4 Å². The van der Waals surface area contributed by atoms with Crippen LogP contribution in [0.3, 0.4) is 0 Å². The van der Waals surface area contributed by atoms with Crippen LogP contribution in [0.1, 0.15) is 55.4 Å². The van der Waals surface area contributed by atoms with E-state index < -0.39 is 0 Å². The van der Waals surface area contributed by atoms with E-state index in [0.29, 0.717) is 28.7 Å². The lowest BCUT2D eigenvalue weighted by atomic mass is 9.95. The Kier molecular flexibility index (Phi) is 4.70. The highest BCUT2D eigenvalue weighted by Gasteiger charge is 2.22. The molecule has 0 radical (unpaired) electrons. The third-order valence-corrected chi connectivity index (χ3v) is 6.88. The molecular weight excluding hydrogens is 384 g/mol.